The molecule has 4 bridgehead atoms. The summed E-state index contributed by atoms with van der Waals surface area (Å²) in [6.07, 6.45) is 8.84. The summed E-state index contributed by atoms with van der Waals surface area (Å²) < 4.78 is 0. The second-order valence-electron chi connectivity index (χ2n) is 7.70. The van der Waals surface area contributed by atoms with Crippen LogP contribution < -0.4 is 5.73 Å². The third-order valence-electron chi connectivity index (χ3n) is 6.28. The minimum Gasteiger partial charge on any atom is -0.398 e. The fraction of sp³-hybridized carbons (Fsp3) is 0.667. The maximum atomic E-state index is 6.13. The Labute approximate surface area is 122 Å². The van der Waals surface area contributed by atoms with Gasteiger partial charge in [-0.05, 0) is 75.0 Å². The Morgan fingerprint density at radius 3 is 2.15 bits per heavy atom. The monoisotopic (exact) mass is 270 g/mol. The summed E-state index contributed by atoms with van der Waals surface area (Å²) in [4.78, 5) is 2.64. The molecule has 2 heteroatoms. The van der Waals surface area contributed by atoms with E-state index in [2.05, 4.69) is 24.1 Å². The second kappa shape index (κ2) is 4.49. The highest BCUT2D eigenvalue weighted by Gasteiger charge is 2.52. The zero-order valence-electron chi connectivity index (χ0n) is 12.5. The lowest BCUT2D eigenvalue weighted by molar-refractivity contribution is -0.0821. The van der Waals surface area contributed by atoms with Crippen LogP contribution in [0.5, 0.6) is 0 Å². The van der Waals surface area contributed by atoms with Crippen molar-refractivity contribution in [2.24, 2.45) is 17.8 Å². The van der Waals surface area contributed by atoms with Gasteiger partial charge in [0.15, 0.2) is 0 Å². The van der Waals surface area contributed by atoms with E-state index in [0.29, 0.717) is 5.54 Å². The maximum Gasteiger partial charge on any atom is 0.0359 e. The molecule has 1 aromatic carbocycles. The molecule has 4 aliphatic carbocycles. The molecule has 20 heavy (non-hydrogen) atoms. The molecule has 0 unspecified atom stereocenters. The highest BCUT2D eigenvalue weighted by Crippen LogP contribution is 2.57. The third kappa shape index (κ3) is 1.96. The van der Waals surface area contributed by atoms with Crippen molar-refractivity contribution in [2.75, 3.05) is 12.8 Å². The fourth-order valence-electron chi connectivity index (χ4n) is 5.63. The lowest BCUT2D eigenvalue weighted by Crippen LogP contribution is -2.58. The Bertz CT molecular complexity index is 473. The van der Waals surface area contributed by atoms with Crippen LogP contribution in [0.25, 0.3) is 0 Å². The summed E-state index contributed by atoms with van der Waals surface area (Å²) in [6.45, 7) is 1.01. The van der Waals surface area contributed by atoms with Gasteiger partial charge in [-0.25, -0.2) is 0 Å². The number of benzene rings is 1. The molecule has 0 aromatic heterocycles. The lowest BCUT2D eigenvalue weighted by atomic mass is 9.52. The SMILES string of the molecule is CN(Cc1ccccc1N)C12CC3CC(CC(C3)C1)C2. The molecule has 2 nitrogen and oxygen atoms in total. The summed E-state index contributed by atoms with van der Waals surface area (Å²) in [5, 5.41) is 0. The average Bonchev–Trinajstić information content (AvgIpc) is 2.40. The molecular formula is C18H26N2. The van der Waals surface area contributed by atoms with Gasteiger partial charge in [0.2, 0.25) is 0 Å². The number of hydrogen-bond acceptors (Lipinski definition) is 2. The Morgan fingerprint density at radius 2 is 1.60 bits per heavy atom. The maximum absolute atomic E-state index is 6.13. The van der Waals surface area contributed by atoms with Crippen molar-refractivity contribution in [3.8, 4) is 0 Å². The molecule has 0 saturated heterocycles. The van der Waals surface area contributed by atoms with Crippen LogP contribution in [-0.4, -0.2) is 17.5 Å². The van der Waals surface area contributed by atoms with Gasteiger partial charge in [-0.1, -0.05) is 18.2 Å². The number of nitrogens with two attached hydrogens (primary N) is 1. The quantitative estimate of drug-likeness (QED) is 0.849. The molecule has 0 atom stereocenters. The molecule has 108 valence electrons. The summed E-state index contributed by atoms with van der Waals surface area (Å²) in [5.41, 5.74) is 8.86. The number of para-hydroxylation sites is 1. The predicted octanol–water partition coefficient (Wildman–Crippen LogP) is 3.67. The molecule has 5 rings (SSSR count). The Morgan fingerprint density at radius 1 is 1.05 bits per heavy atom. The molecule has 4 fully saturated rings. The van der Waals surface area contributed by atoms with Crippen LogP contribution in [0.1, 0.15) is 44.1 Å². The number of nitrogens with zero attached hydrogens (tertiary/aromatic N) is 1. The van der Waals surface area contributed by atoms with E-state index in [4.69, 9.17) is 5.73 Å². The first-order valence-electron chi connectivity index (χ1n) is 8.19. The standard InChI is InChI=1S/C18H26N2/c1-20(12-16-4-2-3-5-17(16)19)18-9-13-6-14(10-18)8-15(7-13)11-18/h2-5,13-15H,6-12,19H2,1H3. The van der Waals surface area contributed by atoms with Crippen molar-refractivity contribution in [3.63, 3.8) is 0 Å². The zero-order valence-corrected chi connectivity index (χ0v) is 12.5. The van der Waals surface area contributed by atoms with Crippen LogP contribution in [0, 0.1) is 17.8 Å². The Balaban J connectivity index is 1.56. The molecule has 2 N–H and O–H groups in total. The first-order chi connectivity index (χ1) is 9.64. The van der Waals surface area contributed by atoms with Crippen LogP contribution in [0.3, 0.4) is 0 Å². The summed E-state index contributed by atoms with van der Waals surface area (Å²) >= 11 is 0. The lowest BCUT2D eigenvalue weighted by Gasteiger charge is -2.60. The minimum atomic E-state index is 0.483. The smallest absolute Gasteiger partial charge is 0.0359 e. The normalized spacial score (nSPS) is 38.6. The molecule has 0 aliphatic heterocycles. The van der Waals surface area contributed by atoms with E-state index in [1.807, 2.05) is 12.1 Å². The fourth-order valence-corrected chi connectivity index (χ4v) is 5.63. The van der Waals surface area contributed by atoms with Crippen molar-refractivity contribution in [1.29, 1.82) is 0 Å². The highest BCUT2D eigenvalue weighted by atomic mass is 15.2. The van der Waals surface area contributed by atoms with Gasteiger partial charge in [0.05, 0.1) is 0 Å². The summed E-state index contributed by atoms with van der Waals surface area (Å²) in [7, 11) is 2.33. The van der Waals surface area contributed by atoms with Gasteiger partial charge in [-0.15, -0.1) is 0 Å². The van der Waals surface area contributed by atoms with E-state index < -0.39 is 0 Å². The van der Waals surface area contributed by atoms with Gasteiger partial charge >= 0.3 is 0 Å². The van der Waals surface area contributed by atoms with Crippen molar-refractivity contribution < 1.29 is 0 Å². The van der Waals surface area contributed by atoms with Crippen LogP contribution >= 0.6 is 0 Å². The van der Waals surface area contributed by atoms with Crippen LogP contribution in [0.4, 0.5) is 5.69 Å². The van der Waals surface area contributed by atoms with Gasteiger partial charge in [0.25, 0.3) is 0 Å². The van der Waals surface area contributed by atoms with E-state index >= 15 is 0 Å². The van der Waals surface area contributed by atoms with Crippen molar-refractivity contribution >= 4 is 5.69 Å². The van der Waals surface area contributed by atoms with Gasteiger partial charge < -0.3 is 5.73 Å². The highest BCUT2D eigenvalue weighted by molar-refractivity contribution is 5.46. The molecule has 4 saturated carbocycles. The molecular weight excluding hydrogens is 244 g/mol. The topological polar surface area (TPSA) is 29.3 Å². The van der Waals surface area contributed by atoms with Gasteiger partial charge in [-0.3, -0.25) is 4.90 Å². The van der Waals surface area contributed by atoms with E-state index in [0.717, 1.165) is 30.0 Å². The van der Waals surface area contributed by atoms with Crippen LogP contribution in [-0.2, 0) is 6.54 Å². The van der Waals surface area contributed by atoms with E-state index in [1.54, 1.807) is 0 Å². The number of rotatable bonds is 3. The first kappa shape index (κ1) is 12.7. The molecule has 0 amide bonds. The van der Waals surface area contributed by atoms with Gasteiger partial charge in [0, 0.05) is 17.8 Å². The Hall–Kier alpha value is -1.02. The minimum absolute atomic E-state index is 0.483. The Kier molecular flexibility index (Phi) is 2.85. The molecule has 4 aliphatic rings. The number of nitrogen functional groups attached to an aromatic ring is 1. The van der Waals surface area contributed by atoms with Crippen molar-refractivity contribution in [2.45, 2.75) is 50.6 Å². The zero-order chi connectivity index (χ0) is 13.7. The average molecular weight is 270 g/mol. The first-order valence-corrected chi connectivity index (χ1v) is 8.19. The van der Waals surface area contributed by atoms with E-state index in [-0.39, 0.29) is 0 Å². The predicted molar refractivity (Wildman–Crippen MR) is 83.2 cm³/mol. The molecule has 1 aromatic rings. The largest absolute Gasteiger partial charge is 0.398 e. The third-order valence-corrected chi connectivity index (χ3v) is 6.28. The molecule has 0 heterocycles. The number of anilines is 1. The van der Waals surface area contributed by atoms with E-state index in [1.165, 1.54) is 44.1 Å². The van der Waals surface area contributed by atoms with Crippen LogP contribution in [0.15, 0.2) is 24.3 Å². The van der Waals surface area contributed by atoms with E-state index in [9.17, 15) is 0 Å². The second-order valence-corrected chi connectivity index (χ2v) is 7.70. The van der Waals surface area contributed by atoms with Gasteiger partial charge in [-0.2, -0.15) is 0 Å². The summed E-state index contributed by atoms with van der Waals surface area (Å²) in [5.74, 6) is 3.03. The molecule has 0 radical (unpaired) electrons. The summed E-state index contributed by atoms with van der Waals surface area (Å²) in [6, 6.07) is 8.36. The van der Waals surface area contributed by atoms with Crippen LogP contribution in [0.2, 0.25) is 0 Å². The van der Waals surface area contributed by atoms with Crippen molar-refractivity contribution in [1.82, 2.24) is 4.90 Å². The van der Waals surface area contributed by atoms with Gasteiger partial charge in [0.1, 0.15) is 0 Å². The van der Waals surface area contributed by atoms with Crippen molar-refractivity contribution in [3.05, 3.63) is 29.8 Å². The molecule has 0 spiro atoms. The number of hydrogen-bond donors (Lipinski definition) is 1.